The third kappa shape index (κ3) is 1.51. The third-order valence-electron chi connectivity index (χ3n) is 2.67. The number of hydrogen-bond acceptors (Lipinski definition) is 2. The minimum absolute atomic E-state index is 0.0369. The highest BCUT2D eigenvalue weighted by molar-refractivity contribution is 9.10. The van der Waals surface area contributed by atoms with Crippen LogP contribution in [-0.2, 0) is 13.6 Å². The van der Waals surface area contributed by atoms with Crippen molar-refractivity contribution in [2.75, 3.05) is 0 Å². The molecule has 0 aliphatic carbocycles. The number of aromatic nitrogens is 2. The summed E-state index contributed by atoms with van der Waals surface area (Å²) in [5.74, 6) is 0.0781. The van der Waals surface area contributed by atoms with Gasteiger partial charge in [0.2, 0.25) is 5.52 Å². The van der Waals surface area contributed by atoms with Crippen LogP contribution in [0.1, 0.15) is 6.92 Å². The predicted molar refractivity (Wildman–Crippen MR) is 62.0 cm³/mol. The molecule has 0 amide bonds. The van der Waals surface area contributed by atoms with Crippen LogP contribution in [0.15, 0.2) is 22.7 Å². The quantitative estimate of drug-likeness (QED) is 0.772. The van der Waals surface area contributed by atoms with E-state index in [9.17, 15) is 10.2 Å². The molecule has 0 atom stereocenters. The lowest BCUT2D eigenvalue weighted by Crippen LogP contribution is -2.45. The molecule has 0 saturated carbocycles. The molecule has 1 aromatic carbocycles. The second-order valence-electron chi connectivity index (χ2n) is 3.59. The van der Waals surface area contributed by atoms with Gasteiger partial charge in [-0.05, 0) is 19.1 Å². The molecule has 16 heavy (non-hydrogen) atoms. The Bertz CT molecular complexity index is 570. The van der Waals surface area contributed by atoms with Crippen LogP contribution in [0.3, 0.4) is 0 Å². The number of rotatable bonds is 1. The Kier molecular flexibility index (Phi) is 2.71. The van der Waals surface area contributed by atoms with Crippen molar-refractivity contribution in [3.05, 3.63) is 22.7 Å². The van der Waals surface area contributed by atoms with Gasteiger partial charge in [0.1, 0.15) is 7.05 Å². The zero-order chi connectivity index (χ0) is 11.9. The van der Waals surface area contributed by atoms with Gasteiger partial charge in [-0.2, -0.15) is 0 Å². The number of hydrogen-bond donors (Lipinski definition) is 2. The summed E-state index contributed by atoms with van der Waals surface area (Å²) in [6.07, 6.45) is 0. The van der Waals surface area contributed by atoms with E-state index in [1.807, 2.05) is 25.1 Å². The van der Waals surface area contributed by atoms with Crippen molar-refractivity contribution < 1.29 is 19.3 Å². The largest absolute Gasteiger partial charge is 0.631 e. The average Bonchev–Trinajstić information content (AvgIpc) is 2.27. The molecule has 0 fully saturated rings. The Morgan fingerprint density at radius 3 is 2.62 bits per heavy atom. The van der Waals surface area contributed by atoms with Gasteiger partial charge in [0.15, 0.2) is 11.9 Å². The predicted octanol–water partition coefficient (Wildman–Crippen LogP) is 1.15. The van der Waals surface area contributed by atoms with Crippen molar-refractivity contribution in [3.8, 4) is 11.9 Å². The van der Waals surface area contributed by atoms with Gasteiger partial charge in [-0.15, -0.1) is 4.57 Å². The molecule has 0 radical (unpaired) electrons. The smallest absolute Gasteiger partial charge is 0.459 e. The molecule has 0 aliphatic heterocycles. The topological polar surface area (TPSA) is 48.2 Å². The SMILES string of the molecule is CC[n+]1c(O)c2cc(Br)ccc2[n+](C)c1O. The maximum atomic E-state index is 10.0. The Morgan fingerprint density at radius 1 is 1.31 bits per heavy atom. The zero-order valence-electron chi connectivity index (χ0n) is 9.11. The number of aromatic hydroxyl groups is 2. The summed E-state index contributed by atoms with van der Waals surface area (Å²) in [4.78, 5) is 0. The summed E-state index contributed by atoms with van der Waals surface area (Å²) in [6, 6.07) is 5.59. The molecular formula is C11H13BrN2O2+2. The highest BCUT2D eigenvalue weighted by Crippen LogP contribution is 2.23. The molecule has 1 aromatic heterocycles. The third-order valence-corrected chi connectivity index (χ3v) is 3.17. The van der Waals surface area contributed by atoms with Crippen LogP contribution in [0.5, 0.6) is 11.9 Å². The van der Waals surface area contributed by atoms with Crippen molar-refractivity contribution in [1.29, 1.82) is 0 Å². The normalized spacial score (nSPS) is 10.9. The number of benzene rings is 1. The van der Waals surface area contributed by atoms with Crippen molar-refractivity contribution in [3.63, 3.8) is 0 Å². The maximum absolute atomic E-state index is 10.0. The van der Waals surface area contributed by atoms with E-state index >= 15 is 0 Å². The number of fused-ring (bicyclic) bond motifs is 1. The van der Waals surface area contributed by atoms with E-state index in [-0.39, 0.29) is 11.9 Å². The highest BCUT2D eigenvalue weighted by atomic mass is 79.9. The van der Waals surface area contributed by atoms with E-state index in [0.717, 1.165) is 9.99 Å². The van der Waals surface area contributed by atoms with Crippen molar-refractivity contribution in [1.82, 2.24) is 0 Å². The van der Waals surface area contributed by atoms with Crippen molar-refractivity contribution in [2.24, 2.45) is 7.05 Å². The molecule has 2 rings (SSSR count). The van der Waals surface area contributed by atoms with Gasteiger partial charge in [0.05, 0.1) is 0 Å². The highest BCUT2D eigenvalue weighted by Gasteiger charge is 2.30. The molecule has 5 heteroatoms. The van der Waals surface area contributed by atoms with E-state index in [4.69, 9.17) is 0 Å². The molecule has 2 aromatic rings. The van der Waals surface area contributed by atoms with Crippen LogP contribution in [0.25, 0.3) is 10.9 Å². The summed E-state index contributed by atoms with van der Waals surface area (Å²) in [5.41, 5.74) is 0.780. The number of halogens is 1. The molecule has 0 unspecified atom stereocenters. The van der Waals surface area contributed by atoms with Gasteiger partial charge in [0, 0.05) is 10.5 Å². The fourth-order valence-electron chi connectivity index (χ4n) is 1.80. The van der Waals surface area contributed by atoms with E-state index < -0.39 is 0 Å². The Morgan fingerprint density at radius 2 is 2.00 bits per heavy atom. The fraction of sp³-hybridized carbons (Fsp3) is 0.273. The van der Waals surface area contributed by atoms with Crippen LogP contribution < -0.4 is 9.13 Å². The van der Waals surface area contributed by atoms with Gasteiger partial charge in [-0.3, -0.25) is 0 Å². The number of nitrogens with zero attached hydrogens (tertiary/aromatic N) is 2. The van der Waals surface area contributed by atoms with Gasteiger partial charge in [-0.25, -0.2) is 0 Å². The Balaban J connectivity index is 2.96. The minimum Gasteiger partial charge on any atom is -0.459 e. The molecule has 84 valence electrons. The van der Waals surface area contributed by atoms with E-state index in [1.165, 1.54) is 4.57 Å². The molecule has 0 spiro atoms. The van der Waals surface area contributed by atoms with Crippen LogP contribution in [-0.4, -0.2) is 10.2 Å². The lowest BCUT2D eigenvalue weighted by Gasteiger charge is -2.01. The molecule has 2 N–H and O–H groups in total. The summed E-state index contributed by atoms with van der Waals surface area (Å²) in [6.45, 7) is 2.37. The van der Waals surface area contributed by atoms with Gasteiger partial charge < -0.3 is 10.2 Å². The number of aryl methyl sites for hydroxylation is 1. The van der Waals surface area contributed by atoms with Crippen molar-refractivity contribution >= 4 is 26.8 Å². The average molecular weight is 285 g/mol. The molecule has 0 bridgehead atoms. The first-order chi connectivity index (χ1) is 7.56. The van der Waals surface area contributed by atoms with Gasteiger partial charge >= 0.3 is 11.9 Å². The summed E-state index contributed by atoms with van der Waals surface area (Å²) >= 11 is 3.36. The monoisotopic (exact) mass is 284 g/mol. The first-order valence-electron chi connectivity index (χ1n) is 4.99. The maximum Gasteiger partial charge on any atom is 0.631 e. The van der Waals surface area contributed by atoms with Crippen LogP contribution in [0, 0.1) is 0 Å². The minimum atomic E-state index is 0.0369. The standard InChI is InChI=1S/C11H11BrN2O2/c1-3-14-10(15)8-6-7(12)4-5-9(8)13(2)11(14)16/h4-6H,3H2,1-2H3/p+2. The van der Waals surface area contributed by atoms with E-state index in [0.29, 0.717) is 11.9 Å². The summed E-state index contributed by atoms with van der Waals surface area (Å²) < 4.78 is 3.99. The summed E-state index contributed by atoms with van der Waals surface area (Å²) in [5, 5.41) is 20.7. The van der Waals surface area contributed by atoms with E-state index in [1.54, 1.807) is 11.6 Å². The van der Waals surface area contributed by atoms with E-state index in [2.05, 4.69) is 15.9 Å². The second kappa shape index (κ2) is 3.90. The Labute approximate surface area is 102 Å². The first kappa shape index (κ1) is 11.1. The van der Waals surface area contributed by atoms with Crippen LogP contribution in [0.4, 0.5) is 0 Å². The second-order valence-corrected chi connectivity index (χ2v) is 4.50. The lowest BCUT2D eigenvalue weighted by atomic mass is 10.2. The van der Waals surface area contributed by atoms with Gasteiger partial charge in [0.25, 0.3) is 0 Å². The Hall–Kier alpha value is -1.36. The fourth-order valence-corrected chi connectivity index (χ4v) is 2.16. The molecular weight excluding hydrogens is 272 g/mol. The molecule has 4 nitrogen and oxygen atoms in total. The molecule has 1 heterocycles. The molecule has 0 saturated heterocycles. The van der Waals surface area contributed by atoms with Crippen molar-refractivity contribution in [2.45, 2.75) is 13.5 Å². The lowest BCUT2D eigenvalue weighted by molar-refractivity contribution is -0.811. The molecule has 0 aliphatic rings. The first-order valence-corrected chi connectivity index (χ1v) is 5.78. The van der Waals surface area contributed by atoms with Gasteiger partial charge in [-0.1, -0.05) is 20.5 Å². The zero-order valence-corrected chi connectivity index (χ0v) is 10.7. The summed E-state index contributed by atoms with van der Waals surface area (Å²) in [7, 11) is 1.76. The van der Waals surface area contributed by atoms with Crippen LogP contribution >= 0.6 is 15.9 Å². The van der Waals surface area contributed by atoms with Crippen LogP contribution in [0.2, 0.25) is 0 Å².